The van der Waals surface area contributed by atoms with Crippen LogP contribution >= 0.6 is 11.3 Å². The molecule has 2 aromatic rings. The van der Waals surface area contributed by atoms with Crippen LogP contribution in [0.25, 0.3) is 11.5 Å². The highest BCUT2D eigenvalue weighted by Crippen LogP contribution is 2.40. The molecule has 0 saturated carbocycles. The van der Waals surface area contributed by atoms with Gasteiger partial charge in [0.15, 0.2) is 11.6 Å². The van der Waals surface area contributed by atoms with Gasteiger partial charge < -0.3 is 19.1 Å². The lowest BCUT2D eigenvalue weighted by Crippen LogP contribution is -2.17. The summed E-state index contributed by atoms with van der Waals surface area (Å²) in [6, 6.07) is 0. The molecule has 0 atom stereocenters. The average Bonchev–Trinajstić information content (AvgIpc) is 3.35. The molecular formula is C21H24N2O6S. The molecule has 9 heteroatoms. The zero-order valence-corrected chi connectivity index (χ0v) is 17.7. The van der Waals surface area contributed by atoms with Gasteiger partial charge in [-0.15, -0.1) is 11.3 Å². The van der Waals surface area contributed by atoms with E-state index in [1.807, 2.05) is 0 Å². The van der Waals surface area contributed by atoms with E-state index >= 15 is 0 Å². The Morgan fingerprint density at radius 3 is 2.77 bits per heavy atom. The van der Waals surface area contributed by atoms with Crippen molar-refractivity contribution in [2.45, 2.75) is 51.6 Å². The smallest absolute Gasteiger partial charge is 0.331 e. The van der Waals surface area contributed by atoms with E-state index in [4.69, 9.17) is 14.0 Å². The molecule has 0 spiro atoms. The molecule has 0 amide bonds. The fourth-order valence-corrected chi connectivity index (χ4v) is 5.30. The van der Waals surface area contributed by atoms with Gasteiger partial charge in [-0.3, -0.25) is 4.79 Å². The maximum atomic E-state index is 13.1. The van der Waals surface area contributed by atoms with Crippen LogP contribution in [0.5, 0.6) is 0 Å². The Hall–Kier alpha value is -2.36. The van der Waals surface area contributed by atoms with Gasteiger partial charge in [-0.25, -0.2) is 4.79 Å². The number of methoxy groups -OCH3 is 1. The molecule has 30 heavy (non-hydrogen) atoms. The Kier molecular flexibility index (Phi) is 6.40. The van der Waals surface area contributed by atoms with Crippen LogP contribution in [0.15, 0.2) is 15.7 Å². The normalized spacial score (nSPS) is 16.6. The number of ketones is 1. The number of nitrogens with zero attached hydrogens (tertiary/aromatic N) is 2. The number of carbonyl (C=O) groups is 2. The largest absolute Gasteiger partial charge is 0.478 e. The van der Waals surface area contributed by atoms with Gasteiger partial charge in [0.25, 0.3) is 5.89 Å². The van der Waals surface area contributed by atoms with E-state index in [-0.39, 0.29) is 17.8 Å². The lowest BCUT2D eigenvalue weighted by molar-refractivity contribution is -0.133. The molecule has 2 aromatic heterocycles. The highest BCUT2D eigenvalue weighted by atomic mass is 32.1. The van der Waals surface area contributed by atoms with Crippen LogP contribution < -0.4 is 0 Å². The molecule has 0 radical (unpaired) electrons. The van der Waals surface area contributed by atoms with E-state index in [9.17, 15) is 14.7 Å². The van der Waals surface area contributed by atoms with Crippen LogP contribution in [0, 0.1) is 0 Å². The quantitative estimate of drug-likeness (QED) is 0.677. The number of hydrogen-bond donors (Lipinski definition) is 1. The monoisotopic (exact) mass is 432 g/mol. The zero-order chi connectivity index (χ0) is 21.1. The van der Waals surface area contributed by atoms with Crippen molar-refractivity contribution in [3.8, 4) is 11.5 Å². The number of ether oxygens (including phenoxy) is 2. The van der Waals surface area contributed by atoms with Gasteiger partial charge in [-0.05, 0) is 37.7 Å². The molecule has 1 N–H and O–H groups in total. The Balaban J connectivity index is 1.68. The summed E-state index contributed by atoms with van der Waals surface area (Å²) in [6.07, 6.45) is 4.00. The van der Waals surface area contributed by atoms with Gasteiger partial charge >= 0.3 is 5.97 Å². The molecule has 4 rings (SSSR count). The van der Waals surface area contributed by atoms with Crippen molar-refractivity contribution in [1.82, 2.24) is 10.1 Å². The number of Topliss-reactive ketones (excluding diaryl/α,β-unsaturated/α-hetero) is 1. The van der Waals surface area contributed by atoms with Crippen LogP contribution in [-0.4, -0.2) is 47.3 Å². The standard InChI is InChI=1S/C21H24N2O6S/c1-27-8-7-18-22-20(29-23-18)19-14-6-9-28-11-17(14)30-16(19)10-15(24)12-4-2-3-5-13(12)21(25)26/h2-11H2,1H3,(H,25,26). The van der Waals surface area contributed by atoms with Gasteiger partial charge in [0.1, 0.15) is 0 Å². The summed E-state index contributed by atoms with van der Waals surface area (Å²) >= 11 is 1.52. The van der Waals surface area contributed by atoms with Crippen molar-refractivity contribution in [3.05, 3.63) is 32.3 Å². The van der Waals surface area contributed by atoms with Crippen molar-refractivity contribution < 1.29 is 28.7 Å². The fourth-order valence-electron chi connectivity index (χ4n) is 4.01. The van der Waals surface area contributed by atoms with Crippen molar-refractivity contribution in [1.29, 1.82) is 0 Å². The van der Waals surface area contributed by atoms with E-state index in [0.717, 1.165) is 33.7 Å². The van der Waals surface area contributed by atoms with Gasteiger partial charge in [-0.2, -0.15) is 4.98 Å². The van der Waals surface area contributed by atoms with Crippen molar-refractivity contribution in [2.75, 3.05) is 20.3 Å². The Morgan fingerprint density at radius 2 is 2.00 bits per heavy atom. The molecule has 8 nitrogen and oxygen atoms in total. The summed E-state index contributed by atoms with van der Waals surface area (Å²) in [7, 11) is 1.62. The first-order valence-corrected chi connectivity index (χ1v) is 10.9. The minimum absolute atomic E-state index is 0.132. The molecule has 0 saturated heterocycles. The molecule has 0 unspecified atom stereocenters. The third-order valence-electron chi connectivity index (χ3n) is 5.49. The highest BCUT2D eigenvalue weighted by molar-refractivity contribution is 7.12. The van der Waals surface area contributed by atoms with Crippen molar-refractivity contribution >= 4 is 23.1 Å². The Morgan fingerprint density at radius 1 is 1.20 bits per heavy atom. The first-order chi connectivity index (χ1) is 14.6. The van der Waals surface area contributed by atoms with E-state index < -0.39 is 5.97 Å². The predicted octanol–water partition coefficient (Wildman–Crippen LogP) is 3.13. The van der Waals surface area contributed by atoms with Crippen LogP contribution in [0.3, 0.4) is 0 Å². The van der Waals surface area contributed by atoms with E-state index in [1.165, 1.54) is 11.3 Å². The lowest BCUT2D eigenvalue weighted by atomic mass is 9.87. The molecule has 0 fully saturated rings. The minimum Gasteiger partial charge on any atom is -0.478 e. The molecule has 0 aromatic carbocycles. The third kappa shape index (κ3) is 4.23. The summed E-state index contributed by atoms with van der Waals surface area (Å²) in [4.78, 5) is 31.1. The van der Waals surface area contributed by atoms with Crippen LogP contribution in [0.2, 0.25) is 0 Å². The van der Waals surface area contributed by atoms with E-state index in [1.54, 1.807) is 7.11 Å². The number of hydrogen-bond acceptors (Lipinski definition) is 8. The van der Waals surface area contributed by atoms with Gasteiger partial charge in [0, 0.05) is 40.9 Å². The number of fused-ring (bicyclic) bond motifs is 1. The molecule has 1 aliphatic heterocycles. The number of aliphatic carboxylic acids is 1. The van der Waals surface area contributed by atoms with E-state index in [0.29, 0.717) is 62.8 Å². The van der Waals surface area contributed by atoms with Crippen LogP contribution in [0.1, 0.15) is 46.8 Å². The summed E-state index contributed by atoms with van der Waals surface area (Å²) in [6.45, 7) is 1.59. The number of carboxylic acid groups (broad SMARTS) is 1. The fraction of sp³-hybridized carbons (Fsp3) is 0.524. The van der Waals surface area contributed by atoms with Crippen molar-refractivity contribution in [3.63, 3.8) is 0 Å². The maximum Gasteiger partial charge on any atom is 0.331 e. The van der Waals surface area contributed by atoms with Crippen molar-refractivity contribution in [2.24, 2.45) is 0 Å². The molecule has 160 valence electrons. The number of thiophene rings is 1. The number of carboxylic acids is 1. The van der Waals surface area contributed by atoms with Gasteiger partial charge in [-0.1, -0.05) is 5.16 Å². The first-order valence-electron chi connectivity index (χ1n) is 10.1. The predicted molar refractivity (Wildman–Crippen MR) is 108 cm³/mol. The maximum absolute atomic E-state index is 13.1. The second kappa shape index (κ2) is 9.20. The van der Waals surface area contributed by atoms with Gasteiger partial charge in [0.05, 0.1) is 25.4 Å². The second-order valence-corrected chi connectivity index (χ2v) is 8.62. The average molecular weight is 432 g/mol. The summed E-state index contributed by atoms with van der Waals surface area (Å²) in [5.74, 6) is -0.164. The number of carbonyl (C=O) groups excluding carboxylic acids is 1. The molecular weight excluding hydrogens is 408 g/mol. The molecule has 0 bridgehead atoms. The van der Waals surface area contributed by atoms with E-state index in [2.05, 4.69) is 10.1 Å². The zero-order valence-electron chi connectivity index (χ0n) is 16.9. The lowest BCUT2D eigenvalue weighted by Gasteiger charge is -2.16. The van der Waals surface area contributed by atoms with Gasteiger partial charge in [0.2, 0.25) is 0 Å². The first kappa shape index (κ1) is 20.9. The summed E-state index contributed by atoms with van der Waals surface area (Å²) < 4.78 is 16.2. The summed E-state index contributed by atoms with van der Waals surface area (Å²) in [5.41, 5.74) is 2.62. The molecule has 2 aliphatic rings. The number of aromatic nitrogens is 2. The van der Waals surface area contributed by atoms with Crippen LogP contribution in [-0.2, 0) is 44.9 Å². The molecule has 1 aliphatic carbocycles. The summed E-state index contributed by atoms with van der Waals surface area (Å²) in [5, 5.41) is 13.5. The highest BCUT2D eigenvalue weighted by Gasteiger charge is 2.29. The van der Waals surface area contributed by atoms with Crippen LogP contribution in [0.4, 0.5) is 0 Å². The number of allylic oxidation sites excluding steroid dienone is 1. The second-order valence-electron chi connectivity index (χ2n) is 7.43. The Bertz CT molecular complexity index is 990. The minimum atomic E-state index is -0.989. The molecule has 3 heterocycles. The topological polar surface area (TPSA) is 112 Å². The third-order valence-corrected chi connectivity index (χ3v) is 6.69. The SMILES string of the molecule is COCCc1noc(-c2c(CC(=O)C3=C(C(=O)O)CCCC3)sc3c2CCOC3)n1. The number of rotatable bonds is 8. The Labute approximate surface area is 177 Å².